The number of hydrogen-bond donors (Lipinski definition) is 1. The van der Waals surface area contributed by atoms with Crippen molar-refractivity contribution in [2.75, 3.05) is 11.9 Å². The summed E-state index contributed by atoms with van der Waals surface area (Å²) in [5.74, 6) is -0.261. The second-order valence-electron chi connectivity index (χ2n) is 5.11. The molecule has 0 aromatic heterocycles. The third-order valence-corrected chi connectivity index (χ3v) is 3.26. The minimum absolute atomic E-state index is 0.261. The molecule has 2 aromatic rings. The van der Waals surface area contributed by atoms with Crippen LogP contribution in [0.1, 0.15) is 29.7 Å². The summed E-state index contributed by atoms with van der Waals surface area (Å²) in [6, 6.07) is 15.4. The van der Waals surface area contributed by atoms with Crippen LogP contribution in [0.5, 0.6) is 0 Å². The van der Waals surface area contributed by atoms with Crippen molar-refractivity contribution in [1.82, 2.24) is 0 Å². The Morgan fingerprint density at radius 1 is 1.10 bits per heavy atom. The fraction of sp³-hybridized carbons (Fsp3) is 0.278. The molecule has 0 fully saturated rings. The lowest BCUT2D eigenvalue weighted by Crippen LogP contribution is -2.23. The number of esters is 1. The molecule has 0 aliphatic rings. The number of rotatable bonds is 5. The summed E-state index contributed by atoms with van der Waals surface area (Å²) in [7, 11) is 0. The highest BCUT2D eigenvalue weighted by Gasteiger charge is 2.21. The first-order valence-electron chi connectivity index (χ1n) is 7.16. The molecular weight excluding hydrogens is 262 g/mol. The minimum atomic E-state index is -0.493. The third kappa shape index (κ3) is 4.09. The molecule has 110 valence electrons. The molecule has 0 amide bonds. The molecule has 0 aliphatic heterocycles. The van der Waals surface area contributed by atoms with Gasteiger partial charge in [-0.25, -0.2) is 4.79 Å². The molecule has 3 heteroatoms. The van der Waals surface area contributed by atoms with Gasteiger partial charge < -0.3 is 10.1 Å². The molecule has 0 saturated heterocycles. The van der Waals surface area contributed by atoms with Crippen molar-refractivity contribution in [3.63, 3.8) is 0 Å². The van der Waals surface area contributed by atoms with E-state index in [0.717, 1.165) is 22.4 Å². The highest BCUT2D eigenvalue weighted by Crippen LogP contribution is 2.22. The van der Waals surface area contributed by atoms with Gasteiger partial charge in [-0.2, -0.15) is 0 Å². The van der Waals surface area contributed by atoms with E-state index < -0.39 is 6.04 Å². The van der Waals surface area contributed by atoms with E-state index in [-0.39, 0.29) is 5.97 Å². The molecular formula is C18H21NO2. The number of ether oxygens (including phenoxy) is 1. The van der Waals surface area contributed by atoms with E-state index in [1.54, 1.807) is 0 Å². The number of carbonyl (C=O) groups excluding carboxylic acids is 1. The first-order valence-corrected chi connectivity index (χ1v) is 7.16. The van der Waals surface area contributed by atoms with Crippen LogP contribution in [0.2, 0.25) is 0 Å². The molecule has 2 aromatic carbocycles. The molecule has 0 bridgehead atoms. The van der Waals surface area contributed by atoms with Crippen LogP contribution < -0.4 is 5.32 Å². The zero-order valence-electron chi connectivity index (χ0n) is 12.7. The average molecular weight is 283 g/mol. The maximum Gasteiger partial charge on any atom is 0.333 e. The quantitative estimate of drug-likeness (QED) is 0.842. The molecule has 0 saturated carbocycles. The van der Waals surface area contributed by atoms with Gasteiger partial charge in [-0.05, 0) is 44.0 Å². The van der Waals surface area contributed by atoms with Crippen LogP contribution in [-0.2, 0) is 9.53 Å². The van der Waals surface area contributed by atoms with Gasteiger partial charge in [0, 0.05) is 5.69 Å². The van der Waals surface area contributed by atoms with Crippen LogP contribution in [0.15, 0.2) is 48.5 Å². The maximum atomic E-state index is 12.2. The number of anilines is 1. The van der Waals surface area contributed by atoms with Gasteiger partial charge in [-0.15, -0.1) is 0 Å². The molecule has 0 radical (unpaired) electrons. The van der Waals surface area contributed by atoms with Crippen LogP contribution in [-0.4, -0.2) is 12.6 Å². The lowest BCUT2D eigenvalue weighted by molar-refractivity contribution is -0.144. The normalized spacial score (nSPS) is 11.8. The Balaban J connectivity index is 2.27. The summed E-state index contributed by atoms with van der Waals surface area (Å²) in [6.45, 7) is 6.24. The number of hydrogen-bond acceptors (Lipinski definition) is 3. The molecule has 1 N–H and O–H groups in total. The predicted octanol–water partition coefficient (Wildman–Crippen LogP) is 4.02. The van der Waals surface area contributed by atoms with E-state index in [2.05, 4.69) is 5.32 Å². The van der Waals surface area contributed by atoms with Crippen LogP contribution in [0.3, 0.4) is 0 Å². The average Bonchev–Trinajstić information content (AvgIpc) is 2.46. The fourth-order valence-corrected chi connectivity index (χ4v) is 2.16. The Morgan fingerprint density at radius 2 is 1.81 bits per heavy atom. The Bertz CT molecular complexity index is 605. The van der Waals surface area contributed by atoms with Crippen molar-refractivity contribution in [1.29, 1.82) is 0 Å². The van der Waals surface area contributed by atoms with Gasteiger partial charge in [-0.3, -0.25) is 0 Å². The minimum Gasteiger partial charge on any atom is -0.464 e. The first kappa shape index (κ1) is 15.1. The van der Waals surface area contributed by atoms with Crippen molar-refractivity contribution < 1.29 is 9.53 Å². The second kappa shape index (κ2) is 6.93. The topological polar surface area (TPSA) is 38.3 Å². The highest BCUT2D eigenvalue weighted by atomic mass is 16.5. The predicted molar refractivity (Wildman–Crippen MR) is 85.4 cm³/mol. The molecule has 1 unspecified atom stereocenters. The third-order valence-electron chi connectivity index (χ3n) is 3.26. The SMILES string of the molecule is CCOC(=O)C(Nc1cccc(C)c1)c1ccc(C)cc1. The van der Waals surface area contributed by atoms with Gasteiger partial charge in [0.2, 0.25) is 0 Å². The van der Waals surface area contributed by atoms with Gasteiger partial charge >= 0.3 is 5.97 Å². The largest absolute Gasteiger partial charge is 0.464 e. The Hall–Kier alpha value is -2.29. The fourth-order valence-electron chi connectivity index (χ4n) is 2.16. The monoisotopic (exact) mass is 283 g/mol. The molecule has 2 rings (SSSR count). The lowest BCUT2D eigenvalue weighted by atomic mass is 10.0. The molecule has 3 nitrogen and oxygen atoms in total. The molecule has 1 atom stereocenters. The Kier molecular flexibility index (Phi) is 4.99. The van der Waals surface area contributed by atoms with Gasteiger partial charge in [-0.1, -0.05) is 42.0 Å². The molecule has 0 spiro atoms. The smallest absolute Gasteiger partial charge is 0.333 e. The summed E-state index contributed by atoms with van der Waals surface area (Å²) in [5, 5.41) is 3.27. The molecule has 0 aliphatic carbocycles. The van der Waals surface area contributed by atoms with Crippen molar-refractivity contribution in [2.24, 2.45) is 0 Å². The Labute approximate surface area is 126 Å². The van der Waals surface area contributed by atoms with Crippen molar-refractivity contribution >= 4 is 11.7 Å². The van der Waals surface area contributed by atoms with E-state index in [9.17, 15) is 4.79 Å². The summed E-state index contributed by atoms with van der Waals surface area (Å²) in [4.78, 5) is 12.2. The number of nitrogens with one attached hydrogen (secondary N) is 1. The second-order valence-corrected chi connectivity index (χ2v) is 5.11. The van der Waals surface area contributed by atoms with Gasteiger partial charge in [0.1, 0.15) is 0 Å². The van der Waals surface area contributed by atoms with Crippen LogP contribution >= 0.6 is 0 Å². The van der Waals surface area contributed by atoms with Gasteiger partial charge in [0.25, 0.3) is 0 Å². The summed E-state index contributed by atoms with van der Waals surface area (Å²) >= 11 is 0. The van der Waals surface area contributed by atoms with Crippen LogP contribution in [0.4, 0.5) is 5.69 Å². The highest BCUT2D eigenvalue weighted by molar-refractivity contribution is 5.81. The van der Waals surface area contributed by atoms with E-state index in [4.69, 9.17) is 4.74 Å². The molecule has 0 heterocycles. The van der Waals surface area contributed by atoms with Crippen LogP contribution in [0.25, 0.3) is 0 Å². The van der Waals surface area contributed by atoms with E-state index >= 15 is 0 Å². The van der Waals surface area contributed by atoms with E-state index in [0.29, 0.717) is 6.61 Å². The number of carbonyl (C=O) groups is 1. The first-order chi connectivity index (χ1) is 10.1. The van der Waals surface area contributed by atoms with E-state index in [1.165, 1.54) is 0 Å². The zero-order valence-corrected chi connectivity index (χ0v) is 12.7. The number of aryl methyl sites for hydroxylation is 2. The summed E-state index contributed by atoms with van der Waals surface area (Å²) in [6.07, 6.45) is 0. The van der Waals surface area contributed by atoms with Crippen molar-refractivity contribution in [3.05, 3.63) is 65.2 Å². The van der Waals surface area contributed by atoms with Crippen LogP contribution in [0, 0.1) is 13.8 Å². The maximum absolute atomic E-state index is 12.2. The Morgan fingerprint density at radius 3 is 2.43 bits per heavy atom. The summed E-state index contributed by atoms with van der Waals surface area (Å²) in [5.41, 5.74) is 4.12. The standard InChI is InChI=1S/C18H21NO2/c1-4-21-18(20)17(15-10-8-13(2)9-11-15)19-16-7-5-6-14(3)12-16/h5-12,17,19H,4H2,1-3H3. The van der Waals surface area contributed by atoms with E-state index in [1.807, 2.05) is 69.3 Å². The van der Waals surface area contributed by atoms with Crippen molar-refractivity contribution in [3.8, 4) is 0 Å². The number of benzene rings is 2. The summed E-state index contributed by atoms with van der Waals surface area (Å²) < 4.78 is 5.19. The zero-order chi connectivity index (χ0) is 15.2. The molecule has 21 heavy (non-hydrogen) atoms. The lowest BCUT2D eigenvalue weighted by Gasteiger charge is -2.19. The van der Waals surface area contributed by atoms with Gasteiger partial charge in [0.05, 0.1) is 6.61 Å². The van der Waals surface area contributed by atoms with Crippen molar-refractivity contribution in [2.45, 2.75) is 26.8 Å². The van der Waals surface area contributed by atoms with Gasteiger partial charge in [0.15, 0.2) is 6.04 Å².